The van der Waals surface area contributed by atoms with Gasteiger partial charge in [-0.15, -0.1) is 0 Å². The summed E-state index contributed by atoms with van der Waals surface area (Å²) in [4.78, 5) is 23.9. The van der Waals surface area contributed by atoms with Gasteiger partial charge in [0.2, 0.25) is 0 Å². The van der Waals surface area contributed by atoms with Crippen molar-refractivity contribution in [3.63, 3.8) is 0 Å². The molecule has 1 amide bonds. The highest BCUT2D eigenvalue weighted by molar-refractivity contribution is 7.89. The third-order valence-corrected chi connectivity index (χ3v) is 4.49. The molecule has 0 heterocycles. The van der Waals surface area contributed by atoms with Crippen LogP contribution in [0.15, 0.2) is 54.6 Å². The van der Waals surface area contributed by atoms with E-state index >= 15 is 0 Å². The maximum absolute atomic E-state index is 12.0. The number of carbonyl (C=O) groups excluding carboxylic acids is 2. The molecule has 1 atom stereocenters. The number of sulfone groups is 1. The smallest absolute Gasteiger partial charge is 0.338 e. The quantitative estimate of drug-likeness (QED) is 0.750. The van der Waals surface area contributed by atoms with Crippen molar-refractivity contribution in [2.75, 3.05) is 12.9 Å². The molecule has 138 valence electrons. The van der Waals surface area contributed by atoms with E-state index in [2.05, 4.69) is 5.32 Å². The molecule has 0 aromatic heterocycles. The van der Waals surface area contributed by atoms with Crippen molar-refractivity contribution in [3.05, 3.63) is 71.3 Å². The van der Waals surface area contributed by atoms with Gasteiger partial charge in [-0.2, -0.15) is 0 Å². The van der Waals surface area contributed by atoms with Gasteiger partial charge >= 0.3 is 5.97 Å². The molecule has 7 heteroatoms. The largest absolute Gasteiger partial charge is 0.452 e. The SMILES string of the molecule is C[C@H](NC(=O)COC(=O)c1ccc(CS(C)(=O)=O)cc1)c1ccccc1. The molecule has 2 aromatic rings. The predicted molar refractivity (Wildman–Crippen MR) is 98.3 cm³/mol. The van der Waals surface area contributed by atoms with Crippen LogP contribution in [-0.2, 0) is 25.1 Å². The Bertz CT molecular complexity index is 861. The summed E-state index contributed by atoms with van der Waals surface area (Å²) in [7, 11) is -3.14. The van der Waals surface area contributed by atoms with Crippen LogP contribution in [0.25, 0.3) is 0 Å². The Hall–Kier alpha value is -2.67. The van der Waals surface area contributed by atoms with Crippen molar-refractivity contribution < 1.29 is 22.7 Å². The van der Waals surface area contributed by atoms with Crippen molar-refractivity contribution >= 4 is 21.7 Å². The van der Waals surface area contributed by atoms with Crippen molar-refractivity contribution in [2.24, 2.45) is 0 Å². The van der Waals surface area contributed by atoms with Crippen LogP contribution in [0, 0.1) is 0 Å². The lowest BCUT2D eigenvalue weighted by atomic mass is 10.1. The summed E-state index contributed by atoms with van der Waals surface area (Å²) in [6.07, 6.45) is 1.14. The molecule has 1 N–H and O–H groups in total. The van der Waals surface area contributed by atoms with E-state index in [0.717, 1.165) is 11.8 Å². The normalized spacial score (nSPS) is 12.2. The van der Waals surface area contributed by atoms with E-state index in [-0.39, 0.29) is 24.0 Å². The van der Waals surface area contributed by atoms with Crippen LogP contribution in [0.4, 0.5) is 0 Å². The zero-order valence-corrected chi connectivity index (χ0v) is 15.5. The van der Waals surface area contributed by atoms with Gasteiger partial charge in [-0.1, -0.05) is 42.5 Å². The molecule has 0 radical (unpaired) electrons. The van der Waals surface area contributed by atoms with Crippen molar-refractivity contribution in [2.45, 2.75) is 18.7 Å². The van der Waals surface area contributed by atoms with Gasteiger partial charge in [0.05, 0.1) is 17.4 Å². The third kappa shape index (κ3) is 6.33. The molecule has 0 aliphatic rings. The van der Waals surface area contributed by atoms with E-state index < -0.39 is 21.7 Å². The van der Waals surface area contributed by atoms with Crippen LogP contribution in [0.3, 0.4) is 0 Å². The van der Waals surface area contributed by atoms with Gasteiger partial charge in [0.25, 0.3) is 5.91 Å². The minimum atomic E-state index is -3.14. The number of esters is 1. The molecule has 2 aromatic carbocycles. The van der Waals surface area contributed by atoms with Gasteiger partial charge in [-0.25, -0.2) is 13.2 Å². The second kappa shape index (κ2) is 8.62. The van der Waals surface area contributed by atoms with E-state index in [1.807, 2.05) is 37.3 Å². The summed E-state index contributed by atoms with van der Waals surface area (Å²) in [5, 5.41) is 2.76. The Balaban J connectivity index is 1.85. The number of rotatable bonds is 7. The lowest BCUT2D eigenvalue weighted by Crippen LogP contribution is -2.31. The van der Waals surface area contributed by atoms with Crippen LogP contribution in [-0.4, -0.2) is 33.2 Å². The van der Waals surface area contributed by atoms with Crippen LogP contribution in [0.2, 0.25) is 0 Å². The molecular weight excluding hydrogens is 354 g/mol. The molecular formula is C19H21NO5S. The van der Waals surface area contributed by atoms with Gasteiger partial charge in [0.1, 0.15) is 0 Å². The summed E-state index contributed by atoms with van der Waals surface area (Å²) in [6.45, 7) is 1.46. The monoisotopic (exact) mass is 375 g/mol. The number of amides is 1. The Kier molecular flexibility index (Phi) is 6.52. The van der Waals surface area contributed by atoms with E-state index in [4.69, 9.17) is 4.74 Å². The summed E-state index contributed by atoms with van der Waals surface area (Å²) in [6, 6.07) is 15.3. The Morgan fingerprint density at radius 3 is 2.23 bits per heavy atom. The van der Waals surface area contributed by atoms with E-state index in [9.17, 15) is 18.0 Å². The second-order valence-electron chi connectivity index (χ2n) is 6.04. The molecule has 0 aliphatic heterocycles. The minimum Gasteiger partial charge on any atom is -0.452 e. The maximum atomic E-state index is 12.0. The van der Waals surface area contributed by atoms with E-state index in [0.29, 0.717) is 5.56 Å². The molecule has 2 rings (SSSR count). The highest BCUT2D eigenvalue weighted by Gasteiger charge is 2.13. The van der Waals surface area contributed by atoms with Gasteiger partial charge in [-0.3, -0.25) is 4.79 Å². The molecule has 0 unspecified atom stereocenters. The van der Waals surface area contributed by atoms with Gasteiger partial charge in [0, 0.05) is 6.26 Å². The zero-order chi connectivity index (χ0) is 19.2. The predicted octanol–water partition coefficient (Wildman–Crippen LogP) is 2.27. The average molecular weight is 375 g/mol. The summed E-state index contributed by atoms with van der Waals surface area (Å²) in [5.41, 5.74) is 1.79. The maximum Gasteiger partial charge on any atom is 0.338 e. The first-order valence-electron chi connectivity index (χ1n) is 8.03. The topological polar surface area (TPSA) is 89.5 Å². The molecule has 0 aliphatic carbocycles. The molecule has 0 saturated heterocycles. The lowest BCUT2D eigenvalue weighted by molar-refractivity contribution is -0.124. The number of hydrogen-bond donors (Lipinski definition) is 1. The number of hydrogen-bond acceptors (Lipinski definition) is 5. The first-order valence-corrected chi connectivity index (χ1v) is 10.1. The van der Waals surface area contributed by atoms with Crippen LogP contribution in [0.5, 0.6) is 0 Å². The lowest BCUT2D eigenvalue weighted by Gasteiger charge is -2.14. The van der Waals surface area contributed by atoms with Crippen molar-refractivity contribution in [3.8, 4) is 0 Å². The standard InChI is InChI=1S/C19H21NO5S/c1-14(16-6-4-3-5-7-16)20-18(21)12-25-19(22)17-10-8-15(9-11-17)13-26(2,23)24/h3-11,14H,12-13H2,1-2H3,(H,20,21)/t14-/m0/s1. The molecule has 26 heavy (non-hydrogen) atoms. The summed E-state index contributed by atoms with van der Waals surface area (Å²) >= 11 is 0. The number of carbonyl (C=O) groups is 2. The van der Waals surface area contributed by atoms with Gasteiger partial charge in [0.15, 0.2) is 16.4 Å². The van der Waals surface area contributed by atoms with Gasteiger partial charge in [-0.05, 0) is 30.2 Å². The molecule has 0 spiro atoms. The minimum absolute atomic E-state index is 0.0951. The summed E-state index contributed by atoms with van der Waals surface area (Å²) < 4.78 is 27.5. The zero-order valence-electron chi connectivity index (χ0n) is 14.6. The molecule has 0 bridgehead atoms. The van der Waals surface area contributed by atoms with Crippen LogP contribution < -0.4 is 5.32 Å². The van der Waals surface area contributed by atoms with Crippen molar-refractivity contribution in [1.82, 2.24) is 5.32 Å². The first kappa shape index (κ1) is 19.7. The molecule has 6 nitrogen and oxygen atoms in total. The number of nitrogens with one attached hydrogen (secondary N) is 1. The number of benzene rings is 2. The van der Waals surface area contributed by atoms with E-state index in [1.165, 1.54) is 12.1 Å². The molecule has 0 saturated carbocycles. The average Bonchev–Trinajstić information content (AvgIpc) is 2.59. The van der Waals surface area contributed by atoms with E-state index in [1.54, 1.807) is 12.1 Å². The van der Waals surface area contributed by atoms with Gasteiger partial charge < -0.3 is 10.1 Å². The van der Waals surface area contributed by atoms with Crippen LogP contribution in [0.1, 0.15) is 34.5 Å². The fourth-order valence-electron chi connectivity index (χ4n) is 2.36. The van der Waals surface area contributed by atoms with Crippen LogP contribution >= 0.6 is 0 Å². The Morgan fingerprint density at radius 2 is 1.65 bits per heavy atom. The second-order valence-corrected chi connectivity index (χ2v) is 8.18. The number of ether oxygens (including phenoxy) is 1. The fraction of sp³-hybridized carbons (Fsp3) is 0.263. The third-order valence-electron chi connectivity index (χ3n) is 3.63. The Labute approximate surface area is 153 Å². The highest BCUT2D eigenvalue weighted by Crippen LogP contribution is 2.11. The highest BCUT2D eigenvalue weighted by atomic mass is 32.2. The fourth-order valence-corrected chi connectivity index (χ4v) is 3.16. The molecule has 0 fully saturated rings. The van der Waals surface area contributed by atoms with Crippen molar-refractivity contribution in [1.29, 1.82) is 0 Å². The first-order chi connectivity index (χ1) is 12.2. The summed E-state index contributed by atoms with van der Waals surface area (Å²) in [5.74, 6) is -1.14. The Morgan fingerprint density at radius 1 is 1.04 bits per heavy atom.